The second-order valence-electron chi connectivity index (χ2n) is 6.99. The van der Waals surface area contributed by atoms with Crippen molar-refractivity contribution in [1.29, 1.82) is 0 Å². The van der Waals surface area contributed by atoms with Crippen molar-refractivity contribution in [2.24, 2.45) is 0 Å². The van der Waals surface area contributed by atoms with E-state index in [0.29, 0.717) is 18.8 Å². The highest BCUT2D eigenvalue weighted by Crippen LogP contribution is 2.18. The number of aromatic nitrogens is 3. The van der Waals surface area contributed by atoms with Crippen LogP contribution in [-0.4, -0.2) is 33.9 Å². The van der Waals surface area contributed by atoms with E-state index in [0.717, 1.165) is 17.8 Å². The van der Waals surface area contributed by atoms with Gasteiger partial charge in [-0.1, -0.05) is 26.8 Å². The summed E-state index contributed by atoms with van der Waals surface area (Å²) in [5.74, 6) is 0.466. The number of anilines is 1. The molecule has 2 rings (SSSR count). The molecule has 25 heavy (non-hydrogen) atoms. The molecular formula is C18H25N5O2. The molecule has 0 unspecified atom stereocenters. The molecule has 134 valence electrons. The second-order valence-corrected chi connectivity index (χ2v) is 6.99. The molecule has 0 bridgehead atoms. The lowest BCUT2D eigenvalue weighted by molar-refractivity contribution is 0.0948. The lowest BCUT2D eigenvalue weighted by Gasteiger charge is -2.18. The van der Waals surface area contributed by atoms with Crippen molar-refractivity contribution >= 4 is 11.7 Å². The van der Waals surface area contributed by atoms with Gasteiger partial charge in [0.15, 0.2) is 0 Å². The lowest BCUT2D eigenvalue weighted by atomic mass is 9.91. The smallest absolute Gasteiger partial charge is 0.345 e. The third kappa shape index (κ3) is 5.70. The monoisotopic (exact) mass is 343 g/mol. The zero-order valence-electron chi connectivity index (χ0n) is 15.1. The minimum atomic E-state index is -0.510. The standard InChI is InChI=1S/C18H25N5O2/c1-12-6-7-15(21-11-12)19-8-5-9-20-16(24)13-10-14(18(2,3)4)23-17(25)22-13/h6-7,10-11H,5,8-9H2,1-4H3,(H,19,21)(H,20,24)(H,22,23,25). The number of aryl methyl sites for hydroxylation is 1. The Bertz CT molecular complexity index is 775. The van der Waals surface area contributed by atoms with E-state index in [1.165, 1.54) is 0 Å². The van der Waals surface area contributed by atoms with E-state index in [9.17, 15) is 9.59 Å². The summed E-state index contributed by atoms with van der Waals surface area (Å²) in [6, 6.07) is 5.54. The molecular weight excluding hydrogens is 318 g/mol. The Morgan fingerprint density at radius 3 is 2.64 bits per heavy atom. The highest BCUT2D eigenvalue weighted by Gasteiger charge is 2.18. The summed E-state index contributed by atoms with van der Waals surface area (Å²) >= 11 is 0. The van der Waals surface area contributed by atoms with E-state index < -0.39 is 5.69 Å². The summed E-state index contributed by atoms with van der Waals surface area (Å²) < 4.78 is 0. The van der Waals surface area contributed by atoms with Gasteiger partial charge in [-0.2, -0.15) is 4.98 Å². The van der Waals surface area contributed by atoms with Crippen LogP contribution in [0, 0.1) is 6.92 Å². The molecule has 0 saturated heterocycles. The zero-order valence-corrected chi connectivity index (χ0v) is 15.1. The Morgan fingerprint density at radius 1 is 1.24 bits per heavy atom. The number of carbonyl (C=O) groups is 1. The van der Waals surface area contributed by atoms with Crippen molar-refractivity contribution in [3.63, 3.8) is 0 Å². The van der Waals surface area contributed by atoms with Crippen molar-refractivity contribution in [2.75, 3.05) is 18.4 Å². The molecule has 0 aromatic carbocycles. The maximum absolute atomic E-state index is 12.2. The average molecular weight is 343 g/mol. The third-order valence-corrected chi connectivity index (χ3v) is 3.64. The van der Waals surface area contributed by atoms with Crippen molar-refractivity contribution in [3.8, 4) is 0 Å². The molecule has 0 aliphatic rings. The Hall–Kier alpha value is -2.70. The van der Waals surface area contributed by atoms with Crippen molar-refractivity contribution < 1.29 is 4.79 Å². The molecule has 0 spiro atoms. The molecule has 2 aromatic rings. The first kappa shape index (κ1) is 18.6. The number of hydrogen-bond acceptors (Lipinski definition) is 5. The predicted octanol–water partition coefficient (Wildman–Crippen LogP) is 2.00. The number of aromatic amines is 1. The van der Waals surface area contributed by atoms with Gasteiger partial charge in [0.1, 0.15) is 11.5 Å². The van der Waals surface area contributed by atoms with E-state index in [4.69, 9.17) is 0 Å². The summed E-state index contributed by atoms with van der Waals surface area (Å²) in [7, 11) is 0. The Kier molecular flexibility index (Phi) is 5.90. The summed E-state index contributed by atoms with van der Waals surface area (Å²) in [5.41, 5.74) is 1.16. The van der Waals surface area contributed by atoms with E-state index in [1.54, 1.807) is 12.3 Å². The van der Waals surface area contributed by atoms with Crippen molar-refractivity contribution in [1.82, 2.24) is 20.3 Å². The Balaban J connectivity index is 1.83. The molecule has 0 aliphatic heterocycles. The largest absolute Gasteiger partial charge is 0.370 e. The summed E-state index contributed by atoms with van der Waals surface area (Å²) in [5, 5.41) is 5.98. The SMILES string of the molecule is Cc1ccc(NCCCNC(=O)c2cc(C(C)(C)C)[nH]c(=O)n2)nc1. The maximum atomic E-state index is 12.2. The fourth-order valence-corrected chi connectivity index (χ4v) is 2.15. The number of amides is 1. The van der Waals surface area contributed by atoms with Gasteiger partial charge in [0, 0.05) is 30.4 Å². The molecule has 2 aromatic heterocycles. The van der Waals surface area contributed by atoms with Gasteiger partial charge in [-0.15, -0.1) is 0 Å². The summed E-state index contributed by atoms with van der Waals surface area (Å²) in [6.07, 6.45) is 2.53. The van der Waals surface area contributed by atoms with Crippen LogP contribution in [0.1, 0.15) is 48.9 Å². The van der Waals surface area contributed by atoms with Crippen LogP contribution in [0.2, 0.25) is 0 Å². The van der Waals surface area contributed by atoms with Crippen LogP contribution >= 0.6 is 0 Å². The molecule has 2 heterocycles. The summed E-state index contributed by atoms with van der Waals surface area (Å²) in [4.78, 5) is 34.5. The van der Waals surface area contributed by atoms with E-state index in [-0.39, 0.29) is 17.0 Å². The number of carbonyl (C=O) groups excluding carboxylic acids is 1. The van der Waals surface area contributed by atoms with Crippen molar-refractivity contribution in [3.05, 3.63) is 51.8 Å². The first-order valence-electron chi connectivity index (χ1n) is 8.32. The number of hydrogen-bond donors (Lipinski definition) is 3. The molecule has 0 radical (unpaired) electrons. The lowest BCUT2D eigenvalue weighted by Crippen LogP contribution is -2.31. The van der Waals surface area contributed by atoms with Crippen LogP contribution in [0.4, 0.5) is 5.82 Å². The third-order valence-electron chi connectivity index (χ3n) is 3.64. The van der Waals surface area contributed by atoms with Gasteiger partial charge in [0.05, 0.1) is 0 Å². The maximum Gasteiger partial charge on any atom is 0.345 e. The zero-order chi connectivity index (χ0) is 18.4. The molecule has 1 amide bonds. The Morgan fingerprint density at radius 2 is 2.00 bits per heavy atom. The number of H-pyrrole nitrogens is 1. The number of nitrogens with one attached hydrogen (secondary N) is 3. The van der Waals surface area contributed by atoms with Gasteiger partial charge in [-0.05, 0) is 31.0 Å². The minimum absolute atomic E-state index is 0.141. The first-order chi connectivity index (χ1) is 11.8. The predicted molar refractivity (Wildman–Crippen MR) is 98.0 cm³/mol. The second kappa shape index (κ2) is 7.92. The number of pyridine rings is 1. The quantitative estimate of drug-likeness (QED) is 0.697. The van der Waals surface area contributed by atoms with Crippen LogP contribution in [0.5, 0.6) is 0 Å². The van der Waals surface area contributed by atoms with Gasteiger partial charge < -0.3 is 15.6 Å². The fourth-order valence-electron chi connectivity index (χ4n) is 2.15. The van der Waals surface area contributed by atoms with Gasteiger partial charge in [-0.3, -0.25) is 4.79 Å². The average Bonchev–Trinajstić information content (AvgIpc) is 2.54. The van der Waals surface area contributed by atoms with Crippen LogP contribution < -0.4 is 16.3 Å². The van der Waals surface area contributed by atoms with E-state index in [2.05, 4.69) is 25.6 Å². The fraction of sp³-hybridized carbons (Fsp3) is 0.444. The minimum Gasteiger partial charge on any atom is -0.370 e. The molecule has 3 N–H and O–H groups in total. The highest BCUT2D eigenvalue weighted by atomic mass is 16.2. The van der Waals surface area contributed by atoms with Crippen LogP contribution in [-0.2, 0) is 5.41 Å². The molecule has 0 saturated carbocycles. The number of rotatable bonds is 6. The van der Waals surface area contributed by atoms with Gasteiger partial charge in [-0.25, -0.2) is 9.78 Å². The van der Waals surface area contributed by atoms with Gasteiger partial charge in [0.2, 0.25) is 0 Å². The normalized spacial score (nSPS) is 11.2. The molecule has 7 nitrogen and oxygen atoms in total. The first-order valence-corrected chi connectivity index (χ1v) is 8.32. The van der Waals surface area contributed by atoms with Gasteiger partial charge >= 0.3 is 5.69 Å². The topological polar surface area (TPSA) is 99.8 Å². The van der Waals surface area contributed by atoms with Crippen LogP contribution in [0.25, 0.3) is 0 Å². The van der Waals surface area contributed by atoms with Gasteiger partial charge in [0.25, 0.3) is 5.91 Å². The number of nitrogens with zero attached hydrogens (tertiary/aromatic N) is 2. The highest BCUT2D eigenvalue weighted by molar-refractivity contribution is 5.92. The molecule has 0 fully saturated rings. The Labute approximate surface area is 147 Å². The summed E-state index contributed by atoms with van der Waals surface area (Å²) in [6.45, 7) is 9.05. The van der Waals surface area contributed by atoms with Crippen molar-refractivity contribution in [2.45, 2.75) is 39.5 Å². The molecule has 0 aliphatic carbocycles. The molecule has 7 heteroatoms. The van der Waals surface area contributed by atoms with E-state index >= 15 is 0 Å². The molecule has 0 atom stereocenters. The van der Waals surface area contributed by atoms with Crippen LogP contribution in [0.15, 0.2) is 29.2 Å². The van der Waals surface area contributed by atoms with Crippen LogP contribution in [0.3, 0.4) is 0 Å². The van der Waals surface area contributed by atoms with E-state index in [1.807, 2.05) is 39.8 Å².